The number of amides is 1. The minimum absolute atomic E-state index is 0.0372. The van der Waals surface area contributed by atoms with Crippen LogP contribution in [-0.4, -0.2) is 31.9 Å². The van der Waals surface area contributed by atoms with Gasteiger partial charge in [-0.1, -0.05) is 23.7 Å². The smallest absolute Gasteiger partial charge is 0.348 e. The summed E-state index contributed by atoms with van der Waals surface area (Å²) in [6, 6.07) is 9.18. The Morgan fingerprint density at radius 2 is 2.13 bits per heavy atom. The number of likely N-dealkylation sites (tertiary alicyclic amines) is 1. The van der Waals surface area contributed by atoms with Crippen LogP contribution in [0.25, 0.3) is 0 Å². The Hall–Kier alpha value is -2.93. The van der Waals surface area contributed by atoms with Crippen LogP contribution in [0.3, 0.4) is 0 Å². The number of hydrogen-bond acceptors (Lipinski definition) is 5. The van der Waals surface area contributed by atoms with E-state index in [4.69, 9.17) is 16.0 Å². The van der Waals surface area contributed by atoms with Gasteiger partial charge in [0.2, 0.25) is 11.8 Å². The van der Waals surface area contributed by atoms with Gasteiger partial charge in [0, 0.05) is 29.4 Å². The van der Waals surface area contributed by atoms with Gasteiger partial charge in [-0.3, -0.25) is 9.36 Å². The zero-order valence-corrected chi connectivity index (χ0v) is 17.7. The zero-order valence-electron chi connectivity index (χ0n) is 17.0. The highest BCUT2D eigenvalue weighted by molar-refractivity contribution is 6.30. The number of carbonyl (C=O) groups is 1. The molecule has 1 aliphatic heterocycles. The molecule has 156 valence electrons. The first-order valence-corrected chi connectivity index (χ1v) is 10.3. The van der Waals surface area contributed by atoms with Crippen molar-refractivity contribution >= 4 is 17.5 Å². The monoisotopic (exact) mass is 426 g/mol. The summed E-state index contributed by atoms with van der Waals surface area (Å²) in [5.74, 6) is 1.12. The maximum absolute atomic E-state index is 13.0. The van der Waals surface area contributed by atoms with Gasteiger partial charge < -0.3 is 9.32 Å². The Bertz CT molecular complexity index is 1140. The van der Waals surface area contributed by atoms with Gasteiger partial charge in [0.1, 0.15) is 18.3 Å². The molecule has 1 aliphatic rings. The molecule has 30 heavy (non-hydrogen) atoms. The van der Waals surface area contributed by atoms with Gasteiger partial charge >= 0.3 is 5.69 Å². The fourth-order valence-corrected chi connectivity index (χ4v) is 4.13. The summed E-state index contributed by atoms with van der Waals surface area (Å²) in [4.78, 5) is 35.3. The number of rotatable bonds is 5. The van der Waals surface area contributed by atoms with Gasteiger partial charge in [-0.25, -0.2) is 9.78 Å². The normalized spacial score (nSPS) is 16.2. The van der Waals surface area contributed by atoms with E-state index in [1.165, 1.54) is 4.57 Å². The second kappa shape index (κ2) is 8.44. The molecule has 0 spiro atoms. The van der Waals surface area contributed by atoms with Gasteiger partial charge in [-0.15, -0.1) is 0 Å². The molecule has 3 aromatic rings. The number of oxazole rings is 1. The largest absolute Gasteiger partial charge is 0.443 e. The van der Waals surface area contributed by atoms with E-state index in [-0.39, 0.29) is 18.5 Å². The van der Waals surface area contributed by atoms with Crippen LogP contribution in [-0.2, 0) is 17.8 Å². The van der Waals surface area contributed by atoms with E-state index < -0.39 is 5.69 Å². The van der Waals surface area contributed by atoms with Gasteiger partial charge in [0.15, 0.2) is 0 Å². The van der Waals surface area contributed by atoms with Gasteiger partial charge in [0.25, 0.3) is 0 Å². The van der Waals surface area contributed by atoms with Crippen LogP contribution in [0, 0.1) is 13.8 Å². The lowest BCUT2D eigenvalue weighted by atomic mass is 10.1. The third kappa shape index (κ3) is 4.31. The van der Waals surface area contributed by atoms with E-state index in [1.807, 2.05) is 24.3 Å². The van der Waals surface area contributed by atoms with Crippen LogP contribution in [0.5, 0.6) is 0 Å². The fourth-order valence-electron chi connectivity index (χ4n) is 3.92. The molecule has 0 aliphatic carbocycles. The second-order valence-corrected chi connectivity index (χ2v) is 8.06. The molecule has 3 heterocycles. The van der Waals surface area contributed by atoms with E-state index in [0.29, 0.717) is 29.6 Å². The quantitative estimate of drug-likeness (QED) is 0.624. The molecule has 0 unspecified atom stereocenters. The average molecular weight is 427 g/mol. The Morgan fingerprint density at radius 1 is 1.30 bits per heavy atom. The van der Waals surface area contributed by atoms with Crippen LogP contribution in [0.1, 0.15) is 47.5 Å². The number of aromatic nitrogens is 3. The summed E-state index contributed by atoms with van der Waals surface area (Å²) in [6.45, 7) is 4.15. The lowest BCUT2D eigenvalue weighted by molar-refractivity contribution is -0.133. The molecule has 1 aromatic carbocycles. The van der Waals surface area contributed by atoms with Crippen LogP contribution in [0.2, 0.25) is 5.02 Å². The maximum Gasteiger partial charge on any atom is 0.348 e. The Kier molecular flexibility index (Phi) is 5.72. The summed E-state index contributed by atoms with van der Waals surface area (Å²) in [5.41, 5.74) is 1.99. The van der Waals surface area contributed by atoms with Crippen LogP contribution in [0.4, 0.5) is 0 Å². The molecule has 0 bridgehead atoms. The van der Waals surface area contributed by atoms with E-state index in [9.17, 15) is 9.59 Å². The number of benzene rings is 1. The van der Waals surface area contributed by atoms with E-state index in [0.717, 1.165) is 29.9 Å². The van der Waals surface area contributed by atoms with Crippen LogP contribution < -0.4 is 5.69 Å². The standard InChI is InChI=1S/C22H23ClN4O3/c1-14-9-15(2)27(22(29)25-14)13-20(28)26-8-4-7-19(26)21-24-12-18(30-21)11-16-5-3-6-17(23)10-16/h3,5-6,9-10,12,19H,4,7-8,11,13H2,1-2H3/t19-/m1/s1. The molecular weight excluding hydrogens is 404 g/mol. The topological polar surface area (TPSA) is 81.2 Å². The van der Waals surface area contributed by atoms with Crippen LogP contribution in [0.15, 0.2) is 45.7 Å². The molecule has 1 fully saturated rings. The zero-order chi connectivity index (χ0) is 21.3. The molecule has 1 saturated heterocycles. The molecule has 8 heteroatoms. The van der Waals surface area contributed by atoms with Crippen LogP contribution >= 0.6 is 11.6 Å². The first-order valence-electron chi connectivity index (χ1n) is 9.94. The lowest BCUT2D eigenvalue weighted by Crippen LogP contribution is -2.37. The number of halogens is 1. The minimum Gasteiger partial charge on any atom is -0.443 e. The average Bonchev–Trinajstić information content (AvgIpc) is 3.33. The first kappa shape index (κ1) is 20.3. The highest BCUT2D eigenvalue weighted by Gasteiger charge is 2.33. The molecule has 0 saturated carbocycles. The summed E-state index contributed by atoms with van der Waals surface area (Å²) in [7, 11) is 0. The minimum atomic E-state index is -0.406. The molecule has 4 rings (SSSR count). The number of nitrogens with zero attached hydrogens (tertiary/aromatic N) is 4. The molecule has 1 amide bonds. The van der Waals surface area contributed by atoms with Crippen molar-refractivity contribution < 1.29 is 9.21 Å². The maximum atomic E-state index is 13.0. The number of carbonyl (C=O) groups excluding carboxylic acids is 1. The van der Waals surface area contributed by atoms with Gasteiger partial charge in [0.05, 0.1) is 6.20 Å². The lowest BCUT2D eigenvalue weighted by Gasteiger charge is -2.23. The van der Waals surface area contributed by atoms with Gasteiger partial charge in [-0.2, -0.15) is 4.98 Å². The first-order chi connectivity index (χ1) is 14.4. The van der Waals surface area contributed by atoms with Gasteiger partial charge in [-0.05, 0) is 50.5 Å². The third-order valence-corrected chi connectivity index (χ3v) is 5.57. The molecule has 7 nitrogen and oxygen atoms in total. The van der Waals surface area contributed by atoms with Crippen molar-refractivity contribution in [1.82, 2.24) is 19.4 Å². The number of hydrogen-bond donors (Lipinski definition) is 0. The van der Waals surface area contributed by atoms with Crippen molar-refractivity contribution in [3.05, 3.63) is 80.6 Å². The Balaban J connectivity index is 1.49. The van der Waals surface area contributed by atoms with E-state index in [1.54, 1.807) is 31.0 Å². The molecule has 1 atom stereocenters. The Morgan fingerprint density at radius 3 is 2.90 bits per heavy atom. The summed E-state index contributed by atoms with van der Waals surface area (Å²) < 4.78 is 7.38. The third-order valence-electron chi connectivity index (χ3n) is 5.34. The highest BCUT2D eigenvalue weighted by atomic mass is 35.5. The predicted molar refractivity (Wildman–Crippen MR) is 112 cm³/mol. The van der Waals surface area contributed by atoms with Crippen molar-refractivity contribution in [3.8, 4) is 0 Å². The second-order valence-electron chi connectivity index (χ2n) is 7.62. The fraction of sp³-hybridized carbons (Fsp3) is 0.364. The summed E-state index contributed by atoms with van der Waals surface area (Å²) >= 11 is 6.05. The SMILES string of the molecule is Cc1cc(C)n(CC(=O)N2CCC[C@@H]2c2ncc(Cc3cccc(Cl)c3)o2)c(=O)n1. The van der Waals surface area contributed by atoms with Crippen molar-refractivity contribution in [3.63, 3.8) is 0 Å². The highest BCUT2D eigenvalue weighted by Crippen LogP contribution is 2.32. The van der Waals surface area contributed by atoms with Crippen molar-refractivity contribution in [2.45, 2.75) is 45.7 Å². The molecule has 0 N–H and O–H groups in total. The van der Waals surface area contributed by atoms with E-state index >= 15 is 0 Å². The molecular formula is C22H23ClN4O3. The summed E-state index contributed by atoms with van der Waals surface area (Å²) in [5, 5.41) is 0.677. The Labute approximate surface area is 179 Å². The van der Waals surface area contributed by atoms with Crippen molar-refractivity contribution in [2.75, 3.05) is 6.54 Å². The molecule has 2 aromatic heterocycles. The van der Waals surface area contributed by atoms with Crippen molar-refractivity contribution in [1.29, 1.82) is 0 Å². The van der Waals surface area contributed by atoms with Crippen molar-refractivity contribution in [2.24, 2.45) is 0 Å². The predicted octanol–water partition coefficient (Wildman–Crippen LogP) is 3.46. The van der Waals surface area contributed by atoms with E-state index in [2.05, 4.69) is 9.97 Å². The number of aryl methyl sites for hydroxylation is 2. The summed E-state index contributed by atoms with van der Waals surface area (Å²) in [6.07, 6.45) is 3.93. The molecule has 0 radical (unpaired) electrons.